The van der Waals surface area contributed by atoms with Gasteiger partial charge < -0.3 is 19.4 Å². The van der Waals surface area contributed by atoms with Gasteiger partial charge in [-0.2, -0.15) is 0 Å². The van der Waals surface area contributed by atoms with Crippen LogP contribution in [0.15, 0.2) is 54.6 Å². The fourth-order valence-corrected chi connectivity index (χ4v) is 4.89. The van der Waals surface area contributed by atoms with Crippen LogP contribution in [0.25, 0.3) is 0 Å². The summed E-state index contributed by atoms with van der Waals surface area (Å²) in [6.07, 6.45) is -3.77. The monoisotopic (exact) mass is 489 g/mol. The number of alkyl halides is 3. The number of halogens is 3. The predicted molar refractivity (Wildman–Crippen MR) is 125 cm³/mol. The summed E-state index contributed by atoms with van der Waals surface area (Å²) in [7, 11) is 2.02. The van der Waals surface area contributed by atoms with Gasteiger partial charge in [-0.1, -0.05) is 42.5 Å². The minimum absolute atomic E-state index is 0.0252. The average molecular weight is 490 g/mol. The van der Waals surface area contributed by atoms with Crippen molar-refractivity contribution in [2.75, 3.05) is 46.3 Å². The summed E-state index contributed by atoms with van der Waals surface area (Å²) in [4.78, 5) is 32.1. The van der Waals surface area contributed by atoms with Crippen molar-refractivity contribution >= 4 is 11.8 Å². The molecule has 0 bridgehead atoms. The number of ether oxygens (including phenoxy) is 1. The van der Waals surface area contributed by atoms with E-state index in [0.717, 1.165) is 18.7 Å². The van der Waals surface area contributed by atoms with Crippen LogP contribution in [-0.4, -0.2) is 79.2 Å². The number of carbonyl (C=O) groups excluding carboxylic acids is 2. The van der Waals surface area contributed by atoms with Crippen molar-refractivity contribution in [2.45, 2.75) is 25.1 Å². The van der Waals surface area contributed by atoms with Crippen molar-refractivity contribution in [3.63, 3.8) is 0 Å². The molecule has 35 heavy (non-hydrogen) atoms. The third kappa shape index (κ3) is 6.75. The van der Waals surface area contributed by atoms with E-state index in [4.69, 9.17) is 0 Å². The zero-order valence-electron chi connectivity index (χ0n) is 19.7. The predicted octanol–water partition coefficient (Wildman–Crippen LogP) is 4.63. The Morgan fingerprint density at radius 1 is 0.914 bits per heavy atom. The lowest BCUT2D eigenvalue weighted by atomic mass is 9.81. The SMILES string of the molecule is CN1CCN(C(=O)N2CC(CC(=O)c3ccccc3)CC(c3ccc(OC(F)(F)F)cc3)C2)CC1. The molecule has 6 nitrogen and oxygen atoms in total. The van der Waals surface area contributed by atoms with Crippen LogP contribution in [0.1, 0.15) is 34.7 Å². The highest BCUT2D eigenvalue weighted by molar-refractivity contribution is 5.96. The maximum Gasteiger partial charge on any atom is 0.573 e. The molecule has 2 aliphatic rings. The minimum Gasteiger partial charge on any atom is -0.406 e. The Morgan fingerprint density at radius 2 is 1.57 bits per heavy atom. The Labute approximate surface area is 203 Å². The topological polar surface area (TPSA) is 53.1 Å². The van der Waals surface area contributed by atoms with Gasteiger partial charge in [-0.15, -0.1) is 13.2 Å². The molecule has 2 saturated heterocycles. The molecule has 0 radical (unpaired) electrons. The lowest BCUT2D eigenvalue weighted by Crippen LogP contribution is -2.54. The van der Waals surface area contributed by atoms with Crippen molar-refractivity contribution in [3.8, 4) is 5.75 Å². The Morgan fingerprint density at radius 3 is 2.20 bits per heavy atom. The molecule has 2 aliphatic heterocycles. The quantitative estimate of drug-likeness (QED) is 0.575. The number of hydrogen-bond acceptors (Lipinski definition) is 4. The summed E-state index contributed by atoms with van der Waals surface area (Å²) < 4.78 is 41.6. The highest BCUT2D eigenvalue weighted by Crippen LogP contribution is 2.34. The van der Waals surface area contributed by atoms with Crippen LogP contribution in [0.5, 0.6) is 5.75 Å². The van der Waals surface area contributed by atoms with E-state index in [1.807, 2.05) is 35.0 Å². The fraction of sp³-hybridized carbons (Fsp3) is 0.462. The average Bonchev–Trinajstić information content (AvgIpc) is 2.84. The number of hydrogen-bond donors (Lipinski definition) is 0. The number of Topliss-reactive ketones (excluding diaryl/α,β-unsaturated/α-hetero) is 1. The van der Waals surface area contributed by atoms with Gasteiger partial charge in [0.15, 0.2) is 5.78 Å². The number of piperidine rings is 1. The number of carbonyl (C=O) groups is 2. The number of piperazine rings is 1. The van der Waals surface area contributed by atoms with Gasteiger partial charge in [-0.25, -0.2) is 4.79 Å². The van der Waals surface area contributed by atoms with Gasteiger partial charge in [0.05, 0.1) is 0 Å². The summed E-state index contributed by atoms with van der Waals surface area (Å²) in [5, 5.41) is 0. The molecule has 9 heteroatoms. The Kier molecular flexibility index (Phi) is 7.64. The number of rotatable bonds is 5. The van der Waals surface area contributed by atoms with Crippen LogP contribution in [0, 0.1) is 5.92 Å². The number of amides is 2. The van der Waals surface area contributed by atoms with Gasteiger partial charge in [-0.3, -0.25) is 4.79 Å². The molecule has 188 valence electrons. The second-order valence-electron chi connectivity index (χ2n) is 9.39. The molecule has 0 aromatic heterocycles. The van der Waals surface area contributed by atoms with Crippen LogP contribution in [0.2, 0.25) is 0 Å². The number of ketones is 1. The van der Waals surface area contributed by atoms with Crippen LogP contribution in [0.3, 0.4) is 0 Å². The third-order valence-corrected chi connectivity index (χ3v) is 6.74. The zero-order valence-corrected chi connectivity index (χ0v) is 19.7. The van der Waals surface area contributed by atoms with Gasteiger partial charge in [-0.05, 0) is 37.1 Å². The first-order valence-electron chi connectivity index (χ1n) is 11.8. The lowest BCUT2D eigenvalue weighted by Gasteiger charge is -2.42. The number of benzene rings is 2. The molecule has 2 aromatic carbocycles. The van der Waals surface area contributed by atoms with Gasteiger partial charge in [0.25, 0.3) is 0 Å². The van der Waals surface area contributed by atoms with Crippen molar-refractivity contribution in [3.05, 3.63) is 65.7 Å². The summed E-state index contributed by atoms with van der Waals surface area (Å²) in [5.74, 6) is -0.395. The summed E-state index contributed by atoms with van der Waals surface area (Å²) >= 11 is 0. The van der Waals surface area contributed by atoms with E-state index in [2.05, 4.69) is 9.64 Å². The molecule has 2 unspecified atom stereocenters. The first-order chi connectivity index (χ1) is 16.7. The van der Waals surface area contributed by atoms with Crippen LogP contribution < -0.4 is 4.74 Å². The van der Waals surface area contributed by atoms with Crippen LogP contribution >= 0.6 is 0 Å². The molecule has 0 N–H and O–H groups in total. The second kappa shape index (κ2) is 10.7. The normalized spacial score (nSPS) is 21.6. The Balaban J connectivity index is 1.51. The smallest absolute Gasteiger partial charge is 0.406 e. The number of nitrogens with zero attached hydrogens (tertiary/aromatic N) is 3. The van der Waals surface area contributed by atoms with Crippen molar-refractivity contribution in [1.82, 2.24) is 14.7 Å². The lowest BCUT2D eigenvalue weighted by molar-refractivity contribution is -0.274. The minimum atomic E-state index is -4.75. The first kappa shape index (κ1) is 25.0. The highest BCUT2D eigenvalue weighted by atomic mass is 19.4. The van der Waals surface area contributed by atoms with E-state index >= 15 is 0 Å². The van der Waals surface area contributed by atoms with Crippen LogP contribution in [0.4, 0.5) is 18.0 Å². The van der Waals surface area contributed by atoms with Gasteiger partial charge in [0, 0.05) is 57.2 Å². The fourth-order valence-electron chi connectivity index (χ4n) is 4.89. The molecule has 2 fully saturated rings. The molecule has 2 aromatic rings. The van der Waals surface area contributed by atoms with E-state index in [-0.39, 0.29) is 29.4 Å². The van der Waals surface area contributed by atoms with E-state index in [0.29, 0.717) is 44.6 Å². The molecule has 2 amide bonds. The van der Waals surface area contributed by atoms with E-state index in [9.17, 15) is 22.8 Å². The number of likely N-dealkylation sites (tertiary alicyclic amines) is 1. The first-order valence-corrected chi connectivity index (χ1v) is 11.8. The molecule has 0 saturated carbocycles. The number of urea groups is 1. The molecule has 2 heterocycles. The third-order valence-electron chi connectivity index (χ3n) is 6.74. The van der Waals surface area contributed by atoms with Crippen molar-refractivity contribution in [1.29, 1.82) is 0 Å². The highest BCUT2D eigenvalue weighted by Gasteiger charge is 2.35. The van der Waals surface area contributed by atoms with Crippen molar-refractivity contribution < 1.29 is 27.5 Å². The van der Waals surface area contributed by atoms with Gasteiger partial charge in [0.1, 0.15) is 5.75 Å². The summed E-state index contributed by atoms with van der Waals surface area (Å²) in [6, 6.07) is 14.9. The molecule has 4 rings (SSSR count). The van der Waals surface area contributed by atoms with E-state index < -0.39 is 6.36 Å². The number of likely N-dealkylation sites (N-methyl/N-ethyl adjacent to an activating group) is 1. The van der Waals surface area contributed by atoms with E-state index in [1.165, 1.54) is 12.1 Å². The van der Waals surface area contributed by atoms with Gasteiger partial charge >= 0.3 is 12.4 Å². The van der Waals surface area contributed by atoms with Crippen molar-refractivity contribution in [2.24, 2.45) is 5.92 Å². The second-order valence-corrected chi connectivity index (χ2v) is 9.39. The van der Waals surface area contributed by atoms with E-state index in [1.54, 1.807) is 24.3 Å². The summed E-state index contributed by atoms with van der Waals surface area (Å²) in [6.45, 7) is 3.84. The zero-order chi connectivity index (χ0) is 25.0. The summed E-state index contributed by atoms with van der Waals surface area (Å²) in [5.41, 5.74) is 1.47. The largest absolute Gasteiger partial charge is 0.573 e. The van der Waals surface area contributed by atoms with Gasteiger partial charge in [0.2, 0.25) is 0 Å². The molecular weight excluding hydrogens is 459 g/mol. The molecular formula is C26H30F3N3O3. The maximum absolute atomic E-state index is 13.4. The maximum atomic E-state index is 13.4. The Hall–Kier alpha value is -3.07. The molecule has 2 atom stereocenters. The Bertz CT molecular complexity index is 1010. The standard InChI is InChI=1S/C26H30F3N3O3/c1-30-11-13-31(14-12-30)25(34)32-17-19(16-24(33)21-5-3-2-4-6-21)15-22(18-32)20-7-9-23(10-8-20)35-26(27,28)29/h2-10,19,22H,11-18H2,1H3. The van der Waals surface area contributed by atoms with Crippen LogP contribution in [-0.2, 0) is 0 Å². The molecule has 0 aliphatic carbocycles. The molecule has 0 spiro atoms.